The number of hydrogen-bond acceptors (Lipinski definition) is 5. The van der Waals surface area contributed by atoms with Gasteiger partial charge >= 0.3 is 0 Å². The smallest absolute Gasteiger partial charge is 0.167 e. The molecule has 30 heavy (non-hydrogen) atoms. The van der Waals surface area contributed by atoms with Crippen molar-refractivity contribution in [1.82, 2.24) is 4.90 Å². The maximum atomic E-state index is 12.9. The van der Waals surface area contributed by atoms with Gasteiger partial charge in [0.15, 0.2) is 17.3 Å². The van der Waals surface area contributed by atoms with Gasteiger partial charge in [-0.1, -0.05) is 17.7 Å². The van der Waals surface area contributed by atoms with Crippen LogP contribution in [0.5, 0.6) is 11.5 Å². The van der Waals surface area contributed by atoms with E-state index in [9.17, 15) is 9.90 Å². The maximum absolute atomic E-state index is 12.9. The van der Waals surface area contributed by atoms with E-state index in [1.54, 1.807) is 14.2 Å². The van der Waals surface area contributed by atoms with Gasteiger partial charge in [-0.25, -0.2) is 0 Å². The summed E-state index contributed by atoms with van der Waals surface area (Å²) < 4.78 is 10.7. The largest absolute Gasteiger partial charge is 0.493 e. The second-order valence-corrected chi connectivity index (χ2v) is 8.60. The molecular formula is C24H28ClNO4. The molecule has 1 aromatic carbocycles. The molecule has 0 amide bonds. The predicted octanol–water partition coefficient (Wildman–Crippen LogP) is 4.23. The monoisotopic (exact) mass is 429 g/mol. The Labute approximate surface area is 182 Å². The van der Waals surface area contributed by atoms with Crippen LogP contribution in [-0.4, -0.2) is 55.7 Å². The highest BCUT2D eigenvalue weighted by molar-refractivity contribution is 6.35. The zero-order valence-electron chi connectivity index (χ0n) is 17.5. The first-order valence-corrected chi connectivity index (χ1v) is 10.9. The van der Waals surface area contributed by atoms with Crippen molar-refractivity contribution in [3.05, 3.63) is 46.5 Å². The number of halogens is 1. The average molecular weight is 430 g/mol. The molecule has 1 N–H and O–H groups in total. The molecule has 1 fully saturated rings. The highest BCUT2D eigenvalue weighted by Gasteiger charge is 2.31. The molecule has 1 atom stereocenters. The predicted molar refractivity (Wildman–Crippen MR) is 118 cm³/mol. The van der Waals surface area contributed by atoms with Gasteiger partial charge in [0.1, 0.15) is 0 Å². The number of carbonyl (C=O) groups is 1. The number of Topliss-reactive ketones (excluding diaryl/α,β-unsaturated/α-hetero) is 1. The molecule has 1 aromatic rings. The van der Waals surface area contributed by atoms with Crippen molar-refractivity contribution in [1.29, 1.82) is 0 Å². The summed E-state index contributed by atoms with van der Waals surface area (Å²) in [7, 11) is 3.20. The van der Waals surface area contributed by atoms with Crippen LogP contribution in [-0.2, 0) is 6.42 Å². The van der Waals surface area contributed by atoms with Crippen LogP contribution in [0, 0.1) is 5.92 Å². The lowest BCUT2D eigenvalue weighted by Crippen LogP contribution is -2.41. The molecule has 0 aromatic heterocycles. The molecule has 1 saturated heterocycles. The van der Waals surface area contributed by atoms with Crippen LogP contribution in [0.3, 0.4) is 0 Å². The molecule has 3 aliphatic carbocycles. The van der Waals surface area contributed by atoms with E-state index in [2.05, 4.69) is 11.0 Å². The fraction of sp³-hybridized carbons (Fsp3) is 0.458. The standard InChI is InChI=1S/C18H25NO4.C6H3Cl/c1-22-16-9-12-3-4-13(11-19-7-5-14(20)6-8-19)18(21)15(12)10-17(16)23-2;7-6-2-1-4-3-5(4)6/h9-10,13-14,20H,3-8,11H2,1-2H3;1-3H. The van der Waals surface area contributed by atoms with Crippen LogP contribution in [0.15, 0.2) is 30.3 Å². The number of aliphatic hydroxyl groups is 1. The van der Waals surface area contributed by atoms with Gasteiger partial charge in [-0.05, 0) is 61.1 Å². The third-order valence-corrected chi connectivity index (χ3v) is 6.57. The Bertz CT molecular complexity index is 937. The molecule has 1 unspecified atom stereocenters. The quantitative estimate of drug-likeness (QED) is 0.672. The lowest BCUT2D eigenvalue weighted by Gasteiger charge is -2.33. The van der Waals surface area contributed by atoms with Crippen LogP contribution in [0.2, 0.25) is 5.02 Å². The zero-order valence-corrected chi connectivity index (χ0v) is 18.2. The Morgan fingerprint density at radius 2 is 1.73 bits per heavy atom. The van der Waals surface area contributed by atoms with E-state index >= 15 is 0 Å². The van der Waals surface area contributed by atoms with E-state index in [1.807, 2.05) is 24.3 Å². The Morgan fingerprint density at radius 1 is 1.03 bits per heavy atom. The van der Waals surface area contributed by atoms with Crippen molar-refractivity contribution >= 4 is 17.4 Å². The third-order valence-electron chi connectivity index (χ3n) is 6.24. The fourth-order valence-corrected chi connectivity index (χ4v) is 4.57. The minimum absolute atomic E-state index is 0.0378. The number of ether oxygens (including phenoxy) is 2. The van der Waals surface area contributed by atoms with Gasteiger partial charge in [0.25, 0.3) is 0 Å². The molecule has 0 radical (unpaired) electrons. The molecule has 0 saturated carbocycles. The van der Waals surface area contributed by atoms with Gasteiger partial charge < -0.3 is 19.5 Å². The van der Waals surface area contributed by atoms with Crippen molar-refractivity contribution in [2.45, 2.75) is 31.8 Å². The van der Waals surface area contributed by atoms with Crippen molar-refractivity contribution in [3.8, 4) is 22.6 Å². The lowest BCUT2D eigenvalue weighted by molar-refractivity contribution is 0.0659. The van der Waals surface area contributed by atoms with E-state index in [-0.39, 0.29) is 17.8 Å². The first-order valence-electron chi connectivity index (χ1n) is 10.5. The second-order valence-electron chi connectivity index (χ2n) is 8.19. The molecule has 1 heterocycles. The summed E-state index contributed by atoms with van der Waals surface area (Å²) in [5, 5.41) is 10.5. The van der Waals surface area contributed by atoms with Crippen molar-refractivity contribution in [3.63, 3.8) is 0 Å². The highest BCUT2D eigenvalue weighted by Crippen LogP contribution is 2.41. The Hall–Kier alpha value is -2.08. The first-order chi connectivity index (χ1) is 14.5. The topological polar surface area (TPSA) is 59.0 Å². The SMILES string of the molecule is COc1cc2c(cc1OC)C(=O)C(CN1CCC(O)CC1)CC2.Clc1ccc2cc1-2. The summed E-state index contributed by atoms with van der Waals surface area (Å²) in [5.74, 6) is 1.54. The number of aryl methyl sites for hydroxylation is 1. The summed E-state index contributed by atoms with van der Waals surface area (Å²) in [6.45, 7) is 2.55. The number of methoxy groups -OCH3 is 2. The van der Waals surface area contributed by atoms with Gasteiger partial charge in [0.2, 0.25) is 0 Å². The average Bonchev–Trinajstić information content (AvgIpc) is 3.47. The van der Waals surface area contributed by atoms with E-state index in [4.69, 9.17) is 21.1 Å². The van der Waals surface area contributed by atoms with E-state index in [0.717, 1.165) is 61.5 Å². The molecule has 5 nitrogen and oxygen atoms in total. The number of rotatable bonds is 4. The molecule has 4 aliphatic rings. The molecule has 5 rings (SSSR count). The second kappa shape index (κ2) is 8.96. The van der Waals surface area contributed by atoms with Crippen molar-refractivity contribution in [2.75, 3.05) is 33.9 Å². The van der Waals surface area contributed by atoms with Crippen LogP contribution in [0.25, 0.3) is 11.1 Å². The number of piperidine rings is 1. The Kier molecular flexibility index (Phi) is 6.32. The van der Waals surface area contributed by atoms with Gasteiger partial charge in [0.05, 0.1) is 20.3 Å². The zero-order chi connectivity index (χ0) is 21.3. The van der Waals surface area contributed by atoms with Gasteiger partial charge in [-0.3, -0.25) is 4.79 Å². The Balaban J connectivity index is 0.000000259. The molecule has 160 valence electrons. The first kappa shape index (κ1) is 21.2. The number of likely N-dealkylation sites (tertiary alicyclic amines) is 1. The lowest BCUT2D eigenvalue weighted by atomic mass is 9.82. The minimum Gasteiger partial charge on any atom is -0.493 e. The number of benzene rings is 2. The number of hydrogen-bond donors (Lipinski definition) is 1. The number of fused-ring (bicyclic) bond motifs is 2. The Morgan fingerprint density at radius 3 is 2.27 bits per heavy atom. The van der Waals surface area contributed by atoms with Crippen molar-refractivity contribution in [2.24, 2.45) is 5.92 Å². The summed E-state index contributed by atoms with van der Waals surface area (Å²) in [4.78, 5) is 15.2. The summed E-state index contributed by atoms with van der Waals surface area (Å²) in [6, 6.07) is 9.77. The third kappa shape index (κ3) is 4.48. The minimum atomic E-state index is -0.175. The van der Waals surface area contributed by atoms with Gasteiger partial charge in [-0.2, -0.15) is 0 Å². The molecule has 6 heteroatoms. The van der Waals surface area contributed by atoms with E-state index in [1.165, 1.54) is 11.1 Å². The summed E-state index contributed by atoms with van der Waals surface area (Å²) >= 11 is 5.65. The normalized spacial score (nSPS) is 20.1. The number of aliphatic hydroxyl groups excluding tert-OH is 1. The van der Waals surface area contributed by atoms with Crippen LogP contribution in [0.1, 0.15) is 35.2 Å². The van der Waals surface area contributed by atoms with Crippen LogP contribution < -0.4 is 9.47 Å². The van der Waals surface area contributed by atoms with Crippen LogP contribution in [0.4, 0.5) is 0 Å². The molecular weight excluding hydrogens is 402 g/mol. The van der Waals surface area contributed by atoms with E-state index in [0.29, 0.717) is 11.5 Å². The molecule has 0 spiro atoms. The van der Waals surface area contributed by atoms with Crippen molar-refractivity contribution < 1.29 is 19.4 Å². The molecule has 1 aliphatic heterocycles. The van der Waals surface area contributed by atoms with Gasteiger partial charge in [0, 0.05) is 41.7 Å². The van der Waals surface area contributed by atoms with E-state index < -0.39 is 0 Å². The maximum Gasteiger partial charge on any atom is 0.167 e. The number of carbonyl (C=O) groups excluding carboxylic acids is 1. The fourth-order valence-electron chi connectivity index (χ4n) is 4.34. The van der Waals surface area contributed by atoms with Gasteiger partial charge in [-0.15, -0.1) is 0 Å². The summed E-state index contributed by atoms with van der Waals surface area (Å²) in [6.07, 6.45) is 3.21. The number of ketones is 1. The van der Waals surface area contributed by atoms with Crippen LogP contribution >= 0.6 is 11.6 Å². The summed E-state index contributed by atoms with van der Waals surface area (Å²) in [5.41, 5.74) is 4.38. The number of nitrogens with zero attached hydrogens (tertiary/aromatic N) is 1. The molecule has 0 bridgehead atoms. The highest BCUT2D eigenvalue weighted by atomic mass is 35.5.